The van der Waals surface area contributed by atoms with Gasteiger partial charge in [0.15, 0.2) is 0 Å². The van der Waals surface area contributed by atoms with Crippen LogP contribution in [0.3, 0.4) is 0 Å². The van der Waals surface area contributed by atoms with Crippen LogP contribution in [-0.2, 0) is 14.8 Å². The Labute approximate surface area is 192 Å². The van der Waals surface area contributed by atoms with Crippen molar-refractivity contribution in [2.45, 2.75) is 30.2 Å². The molecule has 1 aliphatic rings. The Morgan fingerprint density at radius 1 is 0.939 bits per heavy atom. The fraction of sp³-hybridized carbons (Fsp3) is 0.208. The summed E-state index contributed by atoms with van der Waals surface area (Å²) in [5.74, 6) is 0.324. The van der Waals surface area contributed by atoms with Crippen molar-refractivity contribution in [3.05, 3.63) is 79.3 Å². The number of amides is 1. The number of carbonyl (C=O) groups excluding carboxylic acids is 1. The highest BCUT2D eigenvalue weighted by Crippen LogP contribution is 2.26. The highest BCUT2D eigenvalue weighted by atomic mass is 32.2. The van der Waals surface area contributed by atoms with Gasteiger partial charge in [0.2, 0.25) is 15.9 Å². The molecule has 0 bridgehead atoms. The van der Waals surface area contributed by atoms with Crippen LogP contribution in [0.15, 0.2) is 84.1 Å². The molecule has 1 amide bonds. The maximum absolute atomic E-state index is 13.2. The molecule has 2 aromatic heterocycles. The third-order valence-corrected chi connectivity index (χ3v) is 7.74. The number of hydrogen-bond acceptors (Lipinski definition) is 5. The van der Waals surface area contributed by atoms with Crippen molar-refractivity contribution in [2.75, 3.05) is 11.9 Å². The molecule has 2 aromatic carbocycles. The fourth-order valence-electron chi connectivity index (χ4n) is 4.15. The van der Waals surface area contributed by atoms with Crippen LogP contribution in [0, 0.1) is 0 Å². The zero-order valence-electron chi connectivity index (χ0n) is 17.8. The SMILES string of the molecule is O=C(Nc1ccc(-n2cnc3ccccc32)nc1)C1CCCCN1S(=O)(=O)c1ccccc1. The van der Waals surface area contributed by atoms with E-state index in [0.717, 1.165) is 23.9 Å². The molecule has 33 heavy (non-hydrogen) atoms. The van der Waals surface area contributed by atoms with E-state index in [4.69, 9.17) is 0 Å². The average molecular weight is 462 g/mol. The predicted molar refractivity (Wildman–Crippen MR) is 125 cm³/mol. The molecule has 1 unspecified atom stereocenters. The van der Waals surface area contributed by atoms with Crippen LogP contribution in [0.2, 0.25) is 0 Å². The number of imidazole rings is 1. The molecule has 4 aromatic rings. The normalized spacial score (nSPS) is 17.2. The minimum atomic E-state index is -3.76. The molecule has 1 aliphatic heterocycles. The van der Waals surface area contributed by atoms with Crippen LogP contribution in [-0.4, -0.2) is 45.8 Å². The number of carbonyl (C=O) groups is 1. The summed E-state index contributed by atoms with van der Waals surface area (Å²) in [4.78, 5) is 22.1. The monoisotopic (exact) mass is 461 g/mol. The van der Waals surface area contributed by atoms with Gasteiger partial charge in [0.05, 0.1) is 27.8 Å². The molecule has 8 nitrogen and oxygen atoms in total. The van der Waals surface area contributed by atoms with Gasteiger partial charge in [-0.15, -0.1) is 0 Å². The molecule has 0 spiro atoms. The minimum Gasteiger partial charge on any atom is -0.323 e. The van der Waals surface area contributed by atoms with Gasteiger partial charge in [-0.1, -0.05) is 36.8 Å². The van der Waals surface area contributed by atoms with Gasteiger partial charge in [-0.05, 0) is 49.2 Å². The summed E-state index contributed by atoms with van der Waals surface area (Å²) in [5, 5.41) is 2.84. The van der Waals surface area contributed by atoms with Crippen LogP contribution >= 0.6 is 0 Å². The first kappa shape index (κ1) is 21.3. The minimum absolute atomic E-state index is 0.197. The smallest absolute Gasteiger partial charge is 0.243 e. The molecule has 168 valence electrons. The van der Waals surface area contributed by atoms with E-state index in [1.165, 1.54) is 4.31 Å². The summed E-state index contributed by atoms with van der Waals surface area (Å²) >= 11 is 0. The second-order valence-corrected chi connectivity index (χ2v) is 9.83. The number of nitrogens with zero attached hydrogens (tertiary/aromatic N) is 4. The lowest BCUT2D eigenvalue weighted by Crippen LogP contribution is -2.49. The van der Waals surface area contributed by atoms with E-state index in [1.54, 1.807) is 55.0 Å². The standard InChI is InChI=1S/C24H23N5O3S/c30-24(22-12-6-7-15-29(22)33(31,32)19-8-2-1-3-9-19)27-18-13-14-23(25-16-18)28-17-26-20-10-4-5-11-21(20)28/h1-5,8-11,13-14,16-17,22H,6-7,12,15H2,(H,27,30). The number of aromatic nitrogens is 3. The second-order valence-electron chi connectivity index (χ2n) is 7.94. The number of para-hydroxylation sites is 2. The maximum atomic E-state index is 13.2. The number of hydrogen-bond donors (Lipinski definition) is 1. The van der Waals surface area contributed by atoms with E-state index in [-0.39, 0.29) is 10.8 Å². The van der Waals surface area contributed by atoms with Gasteiger partial charge in [-0.3, -0.25) is 9.36 Å². The quantitative estimate of drug-likeness (QED) is 0.490. The van der Waals surface area contributed by atoms with Gasteiger partial charge in [0.1, 0.15) is 18.2 Å². The third-order valence-electron chi connectivity index (χ3n) is 5.82. The Bertz CT molecular complexity index is 1380. The average Bonchev–Trinajstić information content (AvgIpc) is 3.29. The zero-order chi connectivity index (χ0) is 22.8. The summed E-state index contributed by atoms with van der Waals surface area (Å²) in [6.07, 6.45) is 5.28. The van der Waals surface area contributed by atoms with E-state index < -0.39 is 16.1 Å². The first-order valence-electron chi connectivity index (χ1n) is 10.8. The second kappa shape index (κ2) is 8.76. The molecule has 0 radical (unpaired) electrons. The van der Waals surface area contributed by atoms with Gasteiger partial charge >= 0.3 is 0 Å². The number of sulfonamides is 1. The van der Waals surface area contributed by atoms with E-state index in [9.17, 15) is 13.2 Å². The summed E-state index contributed by atoms with van der Waals surface area (Å²) in [5.41, 5.74) is 2.32. The molecule has 5 rings (SSSR count). The van der Waals surface area contributed by atoms with Gasteiger partial charge in [0.25, 0.3) is 0 Å². The van der Waals surface area contributed by atoms with Crippen molar-refractivity contribution in [3.8, 4) is 5.82 Å². The predicted octanol–water partition coefficient (Wildman–Crippen LogP) is 3.60. The summed E-state index contributed by atoms with van der Waals surface area (Å²) in [6, 6.07) is 18.8. The summed E-state index contributed by atoms with van der Waals surface area (Å²) in [6.45, 7) is 0.320. The number of rotatable bonds is 5. The molecule has 1 saturated heterocycles. The van der Waals surface area contributed by atoms with E-state index >= 15 is 0 Å². The van der Waals surface area contributed by atoms with Crippen molar-refractivity contribution >= 4 is 32.7 Å². The van der Waals surface area contributed by atoms with Crippen LogP contribution in [0.5, 0.6) is 0 Å². The lowest BCUT2D eigenvalue weighted by molar-refractivity contribution is -0.120. The van der Waals surface area contributed by atoms with Crippen molar-refractivity contribution in [1.29, 1.82) is 0 Å². The Morgan fingerprint density at radius 2 is 1.73 bits per heavy atom. The van der Waals surface area contributed by atoms with Crippen molar-refractivity contribution < 1.29 is 13.2 Å². The summed E-state index contributed by atoms with van der Waals surface area (Å²) < 4.78 is 29.5. The van der Waals surface area contributed by atoms with Crippen LogP contribution in [0.1, 0.15) is 19.3 Å². The number of piperidine rings is 1. The Hall–Kier alpha value is -3.56. The Balaban J connectivity index is 1.35. The molecule has 0 saturated carbocycles. The van der Waals surface area contributed by atoms with Crippen LogP contribution < -0.4 is 5.32 Å². The molecule has 0 aliphatic carbocycles. The zero-order valence-corrected chi connectivity index (χ0v) is 18.6. The molecule has 9 heteroatoms. The fourth-order valence-corrected chi connectivity index (χ4v) is 5.83. The van der Waals surface area contributed by atoms with E-state index in [2.05, 4.69) is 15.3 Å². The van der Waals surface area contributed by atoms with Crippen molar-refractivity contribution in [2.24, 2.45) is 0 Å². The largest absolute Gasteiger partial charge is 0.323 e. The first-order valence-corrected chi connectivity index (χ1v) is 12.2. The van der Waals surface area contributed by atoms with Crippen LogP contribution in [0.4, 0.5) is 5.69 Å². The molecule has 1 atom stereocenters. The van der Waals surface area contributed by atoms with Gasteiger partial charge < -0.3 is 5.32 Å². The molecule has 1 N–H and O–H groups in total. The Kier molecular flexibility index (Phi) is 5.65. The lowest BCUT2D eigenvalue weighted by atomic mass is 10.0. The van der Waals surface area contributed by atoms with Crippen molar-refractivity contribution in [1.82, 2.24) is 18.8 Å². The van der Waals surface area contributed by atoms with E-state index in [0.29, 0.717) is 24.5 Å². The number of pyridine rings is 1. The Morgan fingerprint density at radius 3 is 2.52 bits per heavy atom. The lowest BCUT2D eigenvalue weighted by Gasteiger charge is -2.33. The number of benzene rings is 2. The molecular weight excluding hydrogens is 438 g/mol. The highest BCUT2D eigenvalue weighted by Gasteiger charge is 2.37. The first-order chi connectivity index (χ1) is 16.0. The van der Waals surface area contributed by atoms with Gasteiger partial charge in [-0.2, -0.15) is 4.31 Å². The molecule has 1 fully saturated rings. The maximum Gasteiger partial charge on any atom is 0.243 e. The molecular formula is C24H23N5O3S. The number of fused-ring (bicyclic) bond motifs is 1. The third kappa shape index (κ3) is 4.12. The van der Waals surface area contributed by atoms with Crippen molar-refractivity contribution in [3.63, 3.8) is 0 Å². The van der Waals surface area contributed by atoms with Crippen LogP contribution in [0.25, 0.3) is 16.9 Å². The molecule has 3 heterocycles. The number of nitrogens with one attached hydrogen (secondary N) is 1. The highest BCUT2D eigenvalue weighted by molar-refractivity contribution is 7.89. The van der Waals surface area contributed by atoms with Gasteiger partial charge in [-0.25, -0.2) is 18.4 Å². The topological polar surface area (TPSA) is 97.2 Å². The van der Waals surface area contributed by atoms with Gasteiger partial charge in [0, 0.05) is 6.54 Å². The summed E-state index contributed by atoms with van der Waals surface area (Å²) in [7, 11) is -3.76. The number of anilines is 1. The van der Waals surface area contributed by atoms with E-state index in [1.807, 2.05) is 28.8 Å².